The molecule has 1 saturated heterocycles. The highest BCUT2D eigenvalue weighted by atomic mass is 16.5. The Hall–Kier alpha value is -1.02. The van der Waals surface area contributed by atoms with E-state index in [4.69, 9.17) is 4.74 Å². The van der Waals surface area contributed by atoms with Crippen LogP contribution in [0.3, 0.4) is 0 Å². The SMILES string of the molecule is CC(C)(C)c1ccc(OCC(C)(C)N2CCCC2)cc1. The molecule has 1 fully saturated rings. The van der Waals surface area contributed by atoms with E-state index in [0.29, 0.717) is 0 Å². The highest BCUT2D eigenvalue weighted by molar-refractivity contribution is 5.31. The van der Waals surface area contributed by atoms with Crippen LogP contribution in [0, 0.1) is 0 Å². The number of rotatable bonds is 4. The molecule has 1 aromatic rings. The van der Waals surface area contributed by atoms with E-state index in [1.54, 1.807) is 0 Å². The van der Waals surface area contributed by atoms with E-state index < -0.39 is 0 Å². The van der Waals surface area contributed by atoms with Gasteiger partial charge in [-0.05, 0) is 62.9 Å². The van der Waals surface area contributed by atoms with Crippen LogP contribution in [0.2, 0.25) is 0 Å². The summed E-state index contributed by atoms with van der Waals surface area (Å²) in [6, 6.07) is 8.55. The van der Waals surface area contributed by atoms with E-state index in [0.717, 1.165) is 12.4 Å². The molecule has 0 amide bonds. The molecule has 1 aliphatic rings. The number of benzene rings is 1. The van der Waals surface area contributed by atoms with E-state index in [1.165, 1.54) is 31.5 Å². The Morgan fingerprint density at radius 1 is 0.950 bits per heavy atom. The van der Waals surface area contributed by atoms with Gasteiger partial charge in [-0.1, -0.05) is 32.9 Å². The minimum absolute atomic E-state index is 0.124. The van der Waals surface area contributed by atoms with E-state index in [1.807, 2.05) is 0 Å². The molecule has 20 heavy (non-hydrogen) atoms. The maximum Gasteiger partial charge on any atom is 0.119 e. The maximum absolute atomic E-state index is 6.01. The molecule has 2 heteroatoms. The van der Waals surface area contributed by atoms with Crippen molar-refractivity contribution >= 4 is 0 Å². The molecule has 0 aliphatic carbocycles. The van der Waals surface area contributed by atoms with Crippen LogP contribution in [0.25, 0.3) is 0 Å². The van der Waals surface area contributed by atoms with Crippen molar-refractivity contribution in [3.8, 4) is 5.75 Å². The summed E-state index contributed by atoms with van der Waals surface area (Å²) in [6.07, 6.45) is 2.65. The minimum Gasteiger partial charge on any atom is -0.492 e. The van der Waals surface area contributed by atoms with Crippen LogP contribution >= 0.6 is 0 Å². The lowest BCUT2D eigenvalue weighted by atomic mass is 9.87. The van der Waals surface area contributed by atoms with Gasteiger partial charge < -0.3 is 4.74 Å². The summed E-state index contributed by atoms with van der Waals surface area (Å²) in [7, 11) is 0. The predicted octanol–water partition coefficient (Wildman–Crippen LogP) is 4.24. The summed E-state index contributed by atoms with van der Waals surface area (Å²) in [5.74, 6) is 0.977. The van der Waals surface area contributed by atoms with Gasteiger partial charge in [0.1, 0.15) is 12.4 Å². The molecular formula is C18H29NO. The van der Waals surface area contributed by atoms with Crippen LogP contribution in [0.15, 0.2) is 24.3 Å². The molecule has 0 radical (unpaired) electrons. The summed E-state index contributed by atoms with van der Waals surface area (Å²) in [6.45, 7) is 14.4. The smallest absolute Gasteiger partial charge is 0.119 e. The van der Waals surface area contributed by atoms with Crippen LogP contribution < -0.4 is 4.74 Å². The normalized spacial score (nSPS) is 17.4. The fraction of sp³-hybridized carbons (Fsp3) is 0.667. The molecule has 0 saturated carbocycles. The third-order valence-electron chi connectivity index (χ3n) is 4.27. The lowest BCUT2D eigenvalue weighted by Gasteiger charge is -2.35. The monoisotopic (exact) mass is 275 g/mol. The van der Waals surface area contributed by atoms with E-state index in [2.05, 4.69) is 63.8 Å². The minimum atomic E-state index is 0.124. The highest BCUT2D eigenvalue weighted by Gasteiger charge is 2.29. The molecule has 0 bridgehead atoms. The van der Waals surface area contributed by atoms with Crippen molar-refractivity contribution in [3.05, 3.63) is 29.8 Å². The first kappa shape index (κ1) is 15.4. The summed E-state index contributed by atoms with van der Waals surface area (Å²) in [4.78, 5) is 2.54. The molecule has 1 aromatic carbocycles. The van der Waals surface area contributed by atoms with Gasteiger partial charge in [0.05, 0.1) is 0 Å². The second-order valence-corrected chi connectivity index (χ2v) is 7.57. The molecule has 1 heterocycles. The topological polar surface area (TPSA) is 12.5 Å². The molecule has 2 rings (SSSR count). The summed E-state index contributed by atoms with van der Waals surface area (Å²) in [5, 5.41) is 0. The van der Waals surface area contributed by atoms with Crippen LogP contribution in [0.1, 0.15) is 53.0 Å². The first-order valence-corrected chi connectivity index (χ1v) is 7.77. The van der Waals surface area contributed by atoms with Crippen molar-refractivity contribution in [2.24, 2.45) is 0 Å². The molecule has 0 aromatic heterocycles. The van der Waals surface area contributed by atoms with Crippen LogP contribution in [-0.4, -0.2) is 30.1 Å². The standard InChI is InChI=1S/C18H29NO/c1-17(2,3)15-8-10-16(11-9-15)20-14-18(4,5)19-12-6-7-13-19/h8-11H,6-7,12-14H2,1-5H3. The van der Waals surface area contributed by atoms with Gasteiger partial charge >= 0.3 is 0 Å². The van der Waals surface area contributed by atoms with Crippen molar-refractivity contribution in [1.29, 1.82) is 0 Å². The zero-order chi connectivity index (χ0) is 14.8. The van der Waals surface area contributed by atoms with Gasteiger partial charge in [0.15, 0.2) is 0 Å². The van der Waals surface area contributed by atoms with E-state index in [9.17, 15) is 0 Å². The van der Waals surface area contributed by atoms with E-state index >= 15 is 0 Å². The highest BCUT2D eigenvalue weighted by Crippen LogP contribution is 2.26. The van der Waals surface area contributed by atoms with Gasteiger partial charge in [-0.15, -0.1) is 0 Å². The fourth-order valence-electron chi connectivity index (χ4n) is 2.72. The first-order chi connectivity index (χ1) is 9.29. The molecule has 0 unspecified atom stereocenters. The summed E-state index contributed by atoms with van der Waals surface area (Å²) < 4.78 is 6.01. The second-order valence-electron chi connectivity index (χ2n) is 7.57. The molecule has 2 nitrogen and oxygen atoms in total. The quantitative estimate of drug-likeness (QED) is 0.815. The van der Waals surface area contributed by atoms with Gasteiger partial charge in [-0.2, -0.15) is 0 Å². The van der Waals surface area contributed by atoms with Crippen molar-refractivity contribution in [2.75, 3.05) is 19.7 Å². The Kier molecular flexibility index (Phi) is 4.43. The number of ether oxygens (including phenoxy) is 1. The van der Waals surface area contributed by atoms with Crippen molar-refractivity contribution in [1.82, 2.24) is 4.90 Å². The summed E-state index contributed by atoms with van der Waals surface area (Å²) >= 11 is 0. The number of likely N-dealkylation sites (tertiary alicyclic amines) is 1. The predicted molar refractivity (Wildman–Crippen MR) is 85.5 cm³/mol. The lowest BCUT2D eigenvalue weighted by Crippen LogP contribution is -2.46. The molecular weight excluding hydrogens is 246 g/mol. The Morgan fingerprint density at radius 2 is 1.50 bits per heavy atom. The van der Waals surface area contributed by atoms with Crippen LogP contribution in [-0.2, 0) is 5.41 Å². The first-order valence-electron chi connectivity index (χ1n) is 7.77. The van der Waals surface area contributed by atoms with Gasteiger partial charge in [0.25, 0.3) is 0 Å². The van der Waals surface area contributed by atoms with Crippen LogP contribution in [0.5, 0.6) is 5.75 Å². The Bertz CT molecular complexity index is 422. The second kappa shape index (κ2) is 5.77. The molecule has 0 atom stereocenters. The maximum atomic E-state index is 6.01. The lowest BCUT2D eigenvalue weighted by molar-refractivity contribution is 0.0894. The Morgan fingerprint density at radius 3 is 2.00 bits per heavy atom. The third-order valence-corrected chi connectivity index (χ3v) is 4.27. The number of nitrogens with zero attached hydrogens (tertiary/aromatic N) is 1. The van der Waals surface area contributed by atoms with Gasteiger partial charge in [0.2, 0.25) is 0 Å². The van der Waals surface area contributed by atoms with Gasteiger partial charge in [-0.25, -0.2) is 0 Å². The van der Waals surface area contributed by atoms with Crippen molar-refractivity contribution in [3.63, 3.8) is 0 Å². The van der Waals surface area contributed by atoms with Crippen molar-refractivity contribution < 1.29 is 4.74 Å². The number of hydrogen-bond donors (Lipinski definition) is 0. The number of hydrogen-bond acceptors (Lipinski definition) is 2. The summed E-state index contributed by atoms with van der Waals surface area (Å²) in [5.41, 5.74) is 1.68. The zero-order valence-electron chi connectivity index (χ0n) is 13.7. The molecule has 0 spiro atoms. The largest absolute Gasteiger partial charge is 0.492 e. The van der Waals surface area contributed by atoms with Gasteiger partial charge in [-0.3, -0.25) is 4.90 Å². The third kappa shape index (κ3) is 3.76. The zero-order valence-corrected chi connectivity index (χ0v) is 13.7. The van der Waals surface area contributed by atoms with Crippen molar-refractivity contribution in [2.45, 2.75) is 58.4 Å². The molecule has 0 N–H and O–H groups in total. The average Bonchev–Trinajstić information content (AvgIpc) is 2.90. The molecule has 1 aliphatic heterocycles. The van der Waals surface area contributed by atoms with Crippen LogP contribution in [0.4, 0.5) is 0 Å². The Balaban J connectivity index is 1.93. The fourth-order valence-corrected chi connectivity index (χ4v) is 2.72. The van der Waals surface area contributed by atoms with E-state index in [-0.39, 0.29) is 11.0 Å². The van der Waals surface area contributed by atoms with Gasteiger partial charge in [0, 0.05) is 5.54 Å². The Labute approximate surface area is 124 Å². The average molecular weight is 275 g/mol. The molecule has 112 valence electrons.